The van der Waals surface area contributed by atoms with Crippen LogP contribution in [0.5, 0.6) is 0 Å². The summed E-state index contributed by atoms with van der Waals surface area (Å²) < 4.78 is 16.8. The van der Waals surface area contributed by atoms with Crippen molar-refractivity contribution < 1.29 is 28.6 Å². The Kier molecular flexibility index (Phi) is 53.9. The van der Waals surface area contributed by atoms with E-state index in [-0.39, 0.29) is 31.1 Å². The third kappa shape index (κ3) is 55.1. The molecule has 0 rings (SSSR count). The van der Waals surface area contributed by atoms with E-state index in [1.807, 2.05) is 0 Å². The third-order valence-corrected chi connectivity index (χ3v) is 12.1. The zero-order valence-corrected chi connectivity index (χ0v) is 45.0. The number of carbonyl (C=O) groups is 3. The maximum absolute atomic E-state index is 12.9. The summed E-state index contributed by atoms with van der Waals surface area (Å²) >= 11 is 0. The predicted octanol–water partition coefficient (Wildman–Crippen LogP) is 19.3. The van der Waals surface area contributed by atoms with Crippen molar-refractivity contribution in [2.24, 2.45) is 0 Å². The van der Waals surface area contributed by atoms with E-state index in [9.17, 15) is 14.4 Å². The first-order valence-corrected chi connectivity index (χ1v) is 28.7. The van der Waals surface area contributed by atoms with Gasteiger partial charge in [-0.2, -0.15) is 0 Å². The fourth-order valence-corrected chi connectivity index (χ4v) is 7.84. The standard InChI is InChI=1S/C63H106O6/c1-4-7-10-13-16-19-22-25-28-30-31-33-35-38-41-44-47-50-53-56-62(65)68-59-60(58-67-61(64)55-52-49-46-43-40-37-34-27-24-21-18-15-12-9-6-3)69-63(66)57-54-51-48-45-42-39-36-32-29-26-23-20-17-14-11-8-5-2/h7,9-10,12,16,18-19,21,25,27-28,31,33-34,40,43,60H,4-6,8,11,13-15,17,20,22-24,26,29-30,32,35-39,41-42,44-59H2,1-3H3/b10-7-,12-9-,19-16-,21-18-,28-25-,33-31-,34-27-,43-40-. The maximum Gasteiger partial charge on any atom is 0.306 e. The van der Waals surface area contributed by atoms with E-state index in [0.29, 0.717) is 19.3 Å². The van der Waals surface area contributed by atoms with Crippen LogP contribution in [0.25, 0.3) is 0 Å². The van der Waals surface area contributed by atoms with Gasteiger partial charge in [0.2, 0.25) is 0 Å². The second-order valence-corrected chi connectivity index (χ2v) is 18.8. The minimum atomic E-state index is -0.800. The molecule has 0 aliphatic carbocycles. The lowest BCUT2D eigenvalue weighted by Crippen LogP contribution is -2.30. The number of hydrogen-bond donors (Lipinski definition) is 0. The van der Waals surface area contributed by atoms with Crippen molar-refractivity contribution in [1.82, 2.24) is 0 Å². The quantitative estimate of drug-likeness (QED) is 0.0262. The van der Waals surface area contributed by atoms with Gasteiger partial charge in [0.25, 0.3) is 0 Å². The minimum Gasteiger partial charge on any atom is -0.462 e. The number of esters is 3. The van der Waals surface area contributed by atoms with Crippen molar-refractivity contribution in [3.05, 3.63) is 97.2 Å². The predicted molar refractivity (Wildman–Crippen MR) is 297 cm³/mol. The summed E-state index contributed by atoms with van der Waals surface area (Å²) in [6, 6.07) is 0. The van der Waals surface area contributed by atoms with E-state index in [1.165, 1.54) is 103 Å². The number of rotatable bonds is 51. The molecule has 1 atom stereocenters. The van der Waals surface area contributed by atoms with Gasteiger partial charge in [0.1, 0.15) is 13.2 Å². The summed E-state index contributed by atoms with van der Waals surface area (Å²) in [6.07, 6.45) is 75.4. The Labute approximate surface area is 426 Å². The molecule has 0 spiro atoms. The van der Waals surface area contributed by atoms with Gasteiger partial charge >= 0.3 is 17.9 Å². The molecule has 0 amide bonds. The lowest BCUT2D eigenvalue weighted by atomic mass is 10.0. The van der Waals surface area contributed by atoms with E-state index in [1.54, 1.807) is 0 Å². The molecule has 0 aromatic rings. The summed E-state index contributed by atoms with van der Waals surface area (Å²) in [5.41, 5.74) is 0. The van der Waals surface area contributed by atoms with Gasteiger partial charge < -0.3 is 14.2 Å². The van der Waals surface area contributed by atoms with Gasteiger partial charge in [-0.05, 0) is 96.3 Å². The second-order valence-electron chi connectivity index (χ2n) is 18.8. The number of hydrogen-bond acceptors (Lipinski definition) is 6. The lowest BCUT2D eigenvalue weighted by Gasteiger charge is -2.18. The normalized spacial score (nSPS) is 12.8. The molecule has 0 fully saturated rings. The Morgan fingerprint density at radius 1 is 0.304 bits per heavy atom. The smallest absolute Gasteiger partial charge is 0.306 e. The Balaban J connectivity index is 4.45. The lowest BCUT2D eigenvalue weighted by molar-refractivity contribution is -0.167. The van der Waals surface area contributed by atoms with Crippen LogP contribution in [-0.4, -0.2) is 37.2 Å². The molecule has 0 N–H and O–H groups in total. The second kappa shape index (κ2) is 56.9. The number of allylic oxidation sites excluding steroid dienone is 16. The van der Waals surface area contributed by atoms with Gasteiger partial charge in [0.15, 0.2) is 6.10 Å². The highest BCUT2D eigenvalue weighted by atomic mass is 16.6. The molecular formula is C63H106O6. The van der Waals surface area contributed by atoms with Gasteiger partial charge in [-0.25, -0.2) is 0 Å². The monoisotopic (exact) mass is 959 g/mol. The average Bonchev–Trinajstić information content (AvgIpc) is 3.35. The molecule has 6 heteroatoms. The van der Waals surface area contributed by atoms with Crippen LogP contribution in [-0.2, 0) is 28.6 Å². The van der Waals surface area contributed by atoms with Gasteiger partial charge in [-0.1, -0.05) is 246 Å². The van der Waals surface area contributed by atoms with E-state index >= 15 is 0 Å². The molecule has 0 radical (unpaired) electrons. The molecule has 0 bridgehead atoms. The van der Waals surface area contributed by atoms with Gasteiger partial charge in [0, 0.05) is 19.3 Å². The molecular weight excluding hydrogens is 853 g/mol. The highest BCUT2D eigenvalue weighted by Crippen LogP contribution is 2.16. The van der Waals surface area contributed by atoms with E-state index in [0.717, 1.165) is 122 Å². The van der Waals surface area contributed by atoms with Crippen molar-refractivity contribution in [2.75, 3.05) is 13.2 Å². The molecule has 0 saturated heterocycles. The Morgan fingerprint density at radius 2 is 0.565 bits per heavy atom. The average molecular weight is 960 g/mol. The van der Waals surface area contributed by atoms with Crippen LogP contribution in [0.3, 0.4) is 0 Å². The first-order valence-electron chi connectivity index (χ1n) is 28.7. The van der Waals surface area contributed by atoms with Crippen LogP contribution in [0.4, 0.5) is 0 Å². The summed E-state index contributed by atoms with van der Waals surface area (Å²) in [4.78, 5) is 38.2. The Morgan fingerprint density at radius 3 is 0.913 bits per heavy atom. The molecule has 0 aromatic carbocycles. The van der Waals surface area contributed by atoms with Crippen LogP contribution in [0, 0.1) is 0 Å². The Hall–Kier alpha value is -3.67. The van der Waals surface area contributed by atoms with Gasteiger partial charge in [-0.3, -0.25) is 14.4 Å². The van der Waals surface area contributed by atoms with Gasteiger partial charge in [-0.15, -0.1) is 0 Å². The van der Waals surface area contributed by atoms with Crippen molar-refractivity contribution in [3.8, 4) is 0 Å². The number of ether oxygens (including phenoxy) is 3. The third-order valence-electron chi connectivity index (χ3n) is 12.1. The Bertz CT molecular complexity index is 1380. The van der Waals surface area contributed by atoms with Crippen LogP contribution in [0.2, 0.25) is 0 Å². The molecule has 0 aromatic heterocycles. The topological polar surface area (TPSA) is 78.9 Å². The summed E-state index contributed by atoms with van der Waals surface area (Å²) in [5, 5.41) is 0. The van der Waals surface area contributed by atoms with E-state index in [4.69, 9.17) is 14.2 Å². The zero-order chi connectivity index (χ0) is 50.0. The highest BCUT2D eigenvalue weighted by Gasteiger charge is 2.19. The minimum absolute atomic E-state index is 0.0972. The molecule has 0 aliphatic rings. The van der Waals surface area contributed by atoms with Crippen LogP contribution in [0.1, 0.15) is 265 Å². The number of unbranched alkanes of at least 4 members (excludes halogenated alkanes) is 24. The van der Waals surface area contributed by atoms with E-state index < -0.39 is 6.10 Å². The van der Waals surface area contributed by atoms with Crippen molar-refractivity contribution in [3.63, 3.8) is 0 Å². The fraction of sp³-hybridized carbons (Fsp3) is 0.698. The first kappa shape index (κ1) is 65.3. The molecule has 394 valence electrons. The molecule has 0 saturated carbocycles. The molecule has 0 heterocycles. The van der Waals surface area contributed by atoms with Crippen LogP contribution in [0.15, 0.2) is 97.2 Å². The van der Waals surface area contributed by atoms with Crippen molar-refractivity contribution in [1.29, 1.82) is 0 Å². The first-order chi connectivity index (χ1) is 34.0. The maximum atomic E-state index is 12.9. The van der Waals surface area contributed by atoms with Crippen molar-refractivity contribution in [2.45, 2.75) is 271 Å². The largest absolute Gasteiger partial charge is 0.462 e. The van der Waals surface area contributed by atoms with Crippen LogP contribution >= 0.6 is 0 Å². The molecule has 6 nitrogen and oxygen atoms in total. The molecule has 1 unspecified atom stereocenters. The SMILES string of the molecule is CC/C=C\C/C=C\C/C=C\C/C=C\CCCCCCCCC(=O)OCC(COC(=O)CCCC/C=C\C/C=C\C/C=C\C/C=C\CC)OC(=O)CCCCCCCCCCCCCCCCCCC. The zero-order valence-electron chi connectivity index (χ0n) is 45.0. The van der Waals surface area contributed by atoms with Crippen LogP contribution < -0.4 is 0 Å². The summed E-state index contributed by atoms with van der Waals surface area (Å²) in [6.45, 7) is 6.38. The van der Waals surface area contributed by atoms with Crippen molar-refractivity contribution >= 4 is 17.9 Å². The molecule has 0 aliphatic heterocycles. The van der Waals surface area contributed by atoms with E-state index in [2.05, 4.69) is 118 Å². The number of carbonyl (C=O) groups excluding carboxylic acids is 3. The van der Waals surface area contributed by atoms with Gasteiger partial charge in [0.05, 0.1) is 0 Å². The fourth-order valence-electron chi connectivity index (χ4n) is 7.84. The summed E-state index contributed by atoms with van der Waals surface area (Å²) in [5.74, 6) is -0.946. The highest BCUT2D eigenvalue weighted by molar-refractivity contribution is 5.71. The molecule has 69 heavy (non-hydrogen) atoms. The summed E-state index contributed by atoms with van der Waals surface area (Å²) in [7, 11) is 0.